The predicted molar refractivity (Wildman–Crippen MR) is 20.7 cm³/mol. The summed E-state index contributed by atoms with van der Waals surface area (Å²) < 4.78 is 0. The largest absolute Gasteiger partial charge is 1.00 e. The molecule has 0 fully saturated rings. The summed E-state index contributed by atoms with van der Waals surface area (Å²) in [6, 6.07) is 0. The fourth-order valence-electron chi connectivity index (χ4n) is 0. The Morgan fingerprint density at radius 3 is 1.80 bits per heavy atom. The summed E-state index contributed by atoms with van der Waals surface area (Å²) in [6.45, 7) is 4.83. The van der Waals surface area contributed by atoms with Crippen LogP contribution in [0.15, 0.2) is 6.08 Å². The summed E-state index contributed by atoms with van der Waals surface area (Å²) in [5.41, 5.74) is 0. The molecule has 0 spiro atoms. The van der Waals surface area contributed by atoms with Crippen molar-refractivity contribution in [1.29, 1.82) is 0 Å². The van der Waals surface area contributed by atoms with Gasteiger partial charge in [-0.2, -0.15) is 0 Å². The minimum atomic E-state index is 0. The van der Waals surface area contributed by atoms with Gasteiger partial charge in [-0.1, -0.05) is 0 Å². The second-order valence-electron chi connectivity index (χ2n) is 0.342. The third-order valence-electron chi connectivity index (χ3n) is 0.0861. The molecule has 0 rings (SSSR count). The van der Waals surface area contributed by atoms with Crippen LogP contribution in [0.5, 0.6) is 0 Å². The number of allylic oxidation sites excluding steroid dienone is 1. The minimum absolute atomic E-state index is 0. The first-order valence-electron chi connectivity index (χ1n) is 0.925. The van der Waals surface area contributed by atoms with E-state index in [0.717, 1.165) is 0 Å². The molecule has 0 atom stereocenters. The fourth-order valence-corrected chi connectivity index (χ4v) is 0. The minimum Gasteiger partial charge on any atom is 1.00 e. The molecule has 0 saturated heterocycles. The molecule has 0 unspecified atom stereocenters. The van der Waals surface area contributed by atoms with Crippen molar-refractivity contribution in [1.82, 2.24) is 0 Å². The molecule has 0 heterocycles. The molecule has 0 aromatic carbocycles. The van der Waals surface area contributed by atoms with E-state index in [0.29, 0.717) is 0 Å². The van der Waals surface area contributed by atoms with Crippen LogP contribution in [-0.4, -0.2) is 21.2 Å². The van der Waals surface area contributed by atoms with E-state index in [4.69, 9.17) is 6.58 Å². The Hall–Kier alpha value is 0.688. The van der Waals surface area contributed by atoms with Gasteiger partial charge in [-0.15, -0.1) is 0 Å². The average molecular weight is 178 g/mol. The van der Waals surface area contributed by atoms with Gasteiger partial charge in [-0.25, -0.2) is 0 Å². The van der Waals surface area contributed by atoms with Gasteiger partial charge in [0.1, 0.15) is 0 Å². The SMILES string of the molecule is [CH-]=CC=[As].[Cu+]. The summed E-state index contributed by atoms with van der Waals surface area (Å²) in [5.74, 6) is 0. The molecule has 0 aliphatic heterocycles. The van der Waals surface area contributed by atoms with Crippen molar-refractivity contribution in [3.8, 4) is 0 Å². The van der Waals surface area contributed by atoms with Gasteiger partial charge in [0, 0.05) is 0 Å². The maximum Gasteiger partial charge on any atom is 1.00 e. The van der Waals surface area contributed by atoms with Gasteiger partial charge in [-0.3, -0.25) is 0 Å². The van der Waals surface area contributed by atoms with E-state index in [-0.39, 0.29) is 17.1 Å². The third-order valence-corrected chi connectivity index (χ3v) is 0.447. The van der Waals surface area contributed by atoms with Crippen LogP contribution in [0.4, 0.5) is 0 Å². The molecule has 0 aliphatic rings. The van der Waals surface area contributed by atoms with E-state index in [9.17, 15) is 0 Å². The average Bonchev–Trinajstić information content (AvgIpc) is 1.37. The zero-order valence-corrected chi connectivity index (χ0v) is 5.30. The molecule has 0 aromatic heterocycles. The number of hydrogen-bond donors (Lipinski definition) is 0. The van der Waals surface area contributed by atoms with Gasteiger partial charge < -0.3 is 0 Å². The second kappa shape index (κ2) is 8.82. The van der Waals surface area contributed by atoms with E-state index in [1.807, 2.05) is 0 Å². The van der Waals surface area contributed by atoms with Crippen molar-refractivity contribution in [3.63, 3.8) is 0 Å². The molecule has 2 heteroatoms. The molecule has 31 valence electrons. The smallest absolute Gasteiger partial charge is 1.00 e. The summed E-state index contributed by atoms with van der Waals surface area (Å²) in [6.07, 6.45) is 1.47. The Morgan fingerprint density at radius 1 is 1.60 bits per heavy atom. The van der Waals surface area contributed by atoms with Crippen LogP contribution < -0.4 is 0 Å². The molecule has 0 nitrogen and oxygen atoms in total. The second-order valence-corrected chi connectivity index (χ2v) is 0.967. The summed E-state index contributed by atoms with van der Waals surface area (Å²) in [7, 11) is 0. The normalized spacial score (nSPS) is 4.00. The van der Waals surface area contributed by atoms with Crippen molar-refractivity contribution in [2.24, 2.45) is 0 Å². The maximum atomic E-state index is 4.83. The zero-order chi connectivity index (χ0) is 3.41. The summed E-state index contributed by atoms with van der Waals surface area (Å²) >= 11 is 2.23. The van der Waals surface area contributed by atoms with Crippen LogP contribution in [-0.2, 0) is 17.1 Å². The van der Waals surface area contributed by atoms with Crippen LogP contribution in [0.1, 0.15) is 0 Å². The topological polar surface area (TPSA) is 0 Å². The third kappa shape index (κ3) is 11.9. The van der Waals surface area contributed by atoms with Gasteiger partial charge >= 0.3 is 50.9 Å². The van der Waals surface area contributed by atoms with Gasteiger partial charge in [0.2, 0.25) is 0 Å². The van der Waals surface area contributed by atoms with Crippen molar-refractivity contribution >= 4 is 21.2 Å². The maximum absolute atomic E-state index is 4.83. The zero-order valence-electron chi connectivity index (χ0n) is 2.48. The van der Waals surface area contributed by atoms with Gasteiger partial charge in [-0.05, 0) is 0 Å². The standard InChI is InChI=1S/C3H3As.Cu/c1-2-3-4;/h1-3H;/q-1;+1. The van der Waals surface area contributed by atoms with Gasteiger partial charge in [0.05, 0.1) is 0 Å². The van der Waals surface area contributed by atoms with E-state index in [1.165, 1.54) is 6.08 Å². The van der Waals surface area contributed by atoms with Crippen molar-refractivity contribution in [2.75, 3.05) is 0 Å². The number of hydrogen-bond acceptors (Lipinski definition) is 0. The molecule has 0 aliphatic carbocycles. The molecule has 0 bridgehead atoms. The quantitative estimate of drug-likeness (QED) is 0.389. The number of rotatable bonds is 1. The Balaban J connectivity index is 0. The first-order valence-corrected chi connectivity index (χ1v) is 2.01. The van der Waals surface area contributed by atoms with E-state index in [1.54, 1.807) is 4.81 Å². The van der Waals surface area contributed by atoms with E-state index in [2.05, 4.69) is 16.4 Å². The summed E-state index contributed by atoms with van der Waals surface area (Å²) in [5, 5.41) is 0. The molecule has 0 saturated carbocycles. The molecule has 1 radical (unpaired) electrons. The molecular formula is C3H3AsCu. The Morgan fingerprint density at radius 2 is 1.80 bits per heavy atom. The van der Waals surface area contributed by atoms with E-state index >= 15 is 0 Å². The predicted octanol–water partition coefficient (Wildman–Crippen LogP) is -0.0562. The molecular weight excluding hydrogens is 175 g/mol. The van der Waals surface area contributed by atoms with Crippen molar-refractivity contribution in [2.45, 2.75) is 0 Å². The Kier molecular flexibility index (Phi) is 16.2. The van der Waals surface area contributed by atoms with Crippen LogP contribution in [0.25, 0.3) is 0 Å². The van der Waals surface area contributed by atoms with Crippen LogP contribution in [0.3, 0.4) is 0 Å². The first-order chi connectivity index (χ1) is 1.91. The van der Waals surface area contributed by atoms with Crippen LogP contribution >= 0.6 is 0 Å². The molecule has 0 N–H and O–H groups in total. The summed E-state index contributed by atoms with van der Waals surface area (Å²) in [4.78, 5) is 1.72. The first kappa shape index (κ1) is 9.19. The van der Waals surface area contributed by atoms with Crippen molar-refractivity contribution in [3.05, 3.63) is 12.7 Å². The fraction of sp³-hybridized carbons (Fsp3) is 0. The molecule has 5 heavy (non-hydrogen) atoms. The van der Waals surface area contributed by atoms with Gasteiger partial charge in [0.25, 0.3) is 0 Å². The van der Waals surface area contributed by atoms with Crippen LogP contribution in [0, 0.1) is 6.58 Å². The molecule has 0 amide bonds. The van der Waals surface area contributed by atoms with E-state index < -0.39 is 0 Å². The van der Waals surface area contributed by atoms with Crippen molar-refractivity contribution < 1.29 is 17.1 Å². The van der Waals surface area contributed by atoms with Gasteiger partial charge in [0.15, 0.2) is 0 Å². The van der Waals surface area contributed by atoms with Crippen LogP contribution in [0.2, 0.25) is 0 Å². The Bertz CT molecular complexity index is 27.9. The monoisotopic (exact) mass is 177 g/mol. The Labute approximate surface area is 51.2 Å². The molecule has 0 aromatic rings.